The number of ether oxygens (including phenoxy) is 4. The van der Waals surface area contributed by atoms with E-state index in [0.717, 1.165) is 42.4 Å². The van der Waals surface area contributed by atoms with Gasteiger partial charge < -0.3 is 18.9 Å². The van der Waals surface area contributed by atoms with E-state index >= 15 is 0 Å². The summed E-state index contributed by atoms with van der Waals surface area (Å²) in [7, 11) is 1.62. The van der Waals surface area contributed by atoms with Gasteiger partial charge in [0.15, 0.2) is 5.75 Å². The predicted octanol–water partition coefficient (Wildman–Crippen LogP) is 2.78. The average Bonchev–Trinajstić information content (AvgIpc) is 3.15. The Morgan fingerprint density at radius 3 is 2.89 bits per heavy atom. The molecule has 1 fully saturated rings. The van der Waals surface area contributed by atoms with E-state index in [0.29, 0.717) is 25.0 Å². The lowest BCUT2D eigenvalue weighted by Gasteiger charge is -2.25. The van der Waals surface area contributed by atoms with Crippen LogP contribution in [-0.2, 0) is 0 Å². The summed E-state index contributed by atoms with van der Waals surface area (Å²) >= 11 is 0. The van der Waals surface area contributed by atoms with Crippen LogP contribution in [0.25, 0.3) is 0 Å². The van der Waals surface area contributed by atoms with Crippen LogP contribution in [0.2, 0.25) is 0 Å². The number of aryl methyl sites for hydroxylation is 1. The van der Waals surface area contributed by atoms with Crippen LogP contribution in [0.15, 0.2) is 24.3 Å². The highest BCUT2D eigenvalue weighted by atomic mass is 16.6. The molecule has 144 valence electrons. The van der Waals surface area contributed by atoms with Crippen molar-refractivity contribution in [3.63, 3.8) is 0 Å². The zero-order valence-corrected chi connectivity index (χ0v) is 16.0. The third-order valence-corrected chi connectivity index (χ3v) is 4.99. The van der Waals surface area contributed by atoms with Gasteiger partial charge in [-0.3, -0.25) is 4.90 Å². The van der Waals surface area contributed by atoms with Gasteiger partial charge in [-0.1, -0.05) is 0 Å². The largest absolute Gasteiger partial charge is 0.489 e. The van der Waals surface area contributed by atoms with Crippen molar-refractivity contribution in [1.82, 2.24) is 14.9 Å². The monoisotopic (exact) mass is 371 g/mol. The molecular weight excluding hydrogens is 346 g/mol. The highest BCUT2D eigenvalue weighted by Gasteiger charge is 2.29. The first kappa shape index (κ1) is 17.9. The summed E-state index contributed by atoms with van der Waals surface area (Å²) in [5.74, 6) is 2.70. The molecular formula is C20H25N3O4. The zero-order chi connectivity index (χ0) is 18.8. The van der Waals surface area contributed by atoms with Crippen molar-refractivity contribution < 1.29 is 18.9 Å². The van der Waals surface area contributed by atoms with Crippen molar-refractivity contribution in [2.75, 3.05) is 33.4 Å². The summed E-state index contributed by atoms with van der Waals surface area (Å²) in [6.45, 7) is 7.04. The van der Waals surface area contributed by atoms with Gasteiger partial charge in [-0.2, -0.15) is 0 Å². The SMILES string of the molecule is COc1cc(O[C@H]2CCN([C@H](C)c3ccc4c(n3)OCCO4)C2)cc(C)n1. The third-order valence-electron chi connectivity index (χ3n) is 4.99. The van der Waals surface area contributed by atoms with Crippen LogP contribution in [-0.4, -0.2) is 54.4 Å². The lowest BCUT2D eigenvalue weighted by atomic mass is 10.2. The Hall–Kier alpha value is -2.54. The number of pyridine rings is 2. The molecule has 7 nitrogen and oxygen atoms in total. The number of hydrogen-bond donors (Lipinski definition) is 0. The molecule has 2 aliphatic heterocycles. The third kappa shape index (κ3) is 3.93. The molecule has 0 spiro atoms. The Bertz CT molecular complexity index is 814. The summed E-state index contributed by atoms with van der Waals surface area (Å²) < 4.78 is 22.6. The van der Waals surface area contributed by atoms with Crippen molar-refractivity contribution >= 4 is 0 Å². The van der Waals surface area contributed by atoms with E-state index in [9.17, 15) is 0 Å². The lowest BCUT2D eigenvalue weighted by Crippen LogP contribution is -2.28. The van der Waals surface area contributed by atoms with Gasteiger partial charge >= 0.3 is 0 Å². The highest BCUT2D eigenvalue weighted by Crippen LogP contribution is 2.32. The van der Waals surface area contributed by atoms with E-state index in [2.05, 4.69) is 21.8 Å². The molecule has 0 aliphatic carbocycles. The van der Waals surface area contributed by atoms with Gasteiger partial charge in [-0.25, -0.2) is 9.97 Å². The molecule has 27 heavy (non-hydrogen) atoms. The molecule has 1 saturated heterocycles. The van der Waals surface area contributed by atoms with Crippen LogP contribution in [0.5, 0.6) is 23.3 Å². The van der Waals surface area contributed by atoms with Crippen LogP contribution >= 0.6 is 0 Å². The van der Waals surface area contributed by atoms with Gasteiger partial charge in [0.1, 0.15) is 25.1 Å². The quantitative estimate of drug-likeness (QED) is 0.801. The van der Waals surface area contributed by atoms with Crippen molar-refractivity contribution in [3.05, 3.63) is 35.7 Å². The first-order valence-corrected chi connectivity index (χ1v) is 9.32. The molecule has 0 N–H and O–H groups in total. The standard InChI is InChI=1S/C20H25N3O4/c1-13-10-16(11-19(21-13)24-3)27-15-6-7-23(12-15)14(2)17-4-5-18-20(22-17)26-9-8-25-18/h4-5,10-11,14-15H,6-9,12H2,1-3H3/t14-,15+/m1/s1. The number of hydrogen-bond acceptors (Lipinski definition) is 7. The van der Waals surface area contributed by atoms with Gasteiger partial charge in [-0.05, 0) is 32.4 Å². The highest BCUT2D eigenvalue weighted by molar-refractivity contribution is 5.36. The molecule has 2 aliphatic rings. The fraction of sp³-hybridized carbons (Fsp3) is 0.500. The molecule has 0 saturated carbocycles. The van der Waals surface area contributed by atoms with E-state index < -0.39 is 0 Å². The Morgan fingerprint density at radius 1 is 1.19 bits per heavy atom. The molecule has 4 rings (SSSR count). The zero-order valence-electron chi connectivity index (χ0n) is 16.0. The van der Waals surface area contributed by atoms with Crippen molar-refractivity contribution in [1.29, 1.82) is 0 Å². The first-order valence-electron chi connectivity index (χ1n) is 9.32. The maximum absolute atomic E-state index is 6.18. The Kier molecular flexibility index (Phi) is 5.03. The first-order chi connectivity index (χ1) is 13.1. The van der Waals surface area contributed by atoms with E-state index in [1.165, 1.54) is 0 Å². The number of likely N-dealkylation sites (tertiary alicyclic amines) is 1. The predicted molar refractivity (Wildman–Crippen MR) is 99.8 cm³/mol. The minimum Gasteiger partial charge on any atom is -0.489 e. The van der Waals surface area contributed by atoms with Crippen LogP contribution in [0, 0.1) is 6.92 Å². The van der Waals surface area contributed by atoms with Crippen molar-refractivity contribution in [3.8, 4) is 23.3 Å². The molecule has 2 aromatic heterocycles. The number of fused-ring (bicyclic) bond motifs is 1. The average molecular weight is 371 g/mol. The van der Waals surface area contributed by atoms with E-state index in [1.54, 1.807) is 7.11 Å². The normalized spacial score (nSPS) is 20.3. The number of methoxy groups -OCH3 is 1. The number of nitrogens with zero attached hydrogens (tertiary/aromatic N) is 3. The number of rotatable bonds is 5. The number of aromatic nitrogens is 2. The summed E-state index contributed by atoms with van der Waals surface area (Å²) in [4.78, 5) is 11.3. The maximum Gasteiger partial charge on any atom is 0.257 e. The van der Waals surface area contributed by atoms with Crippen molar-refractivity contribution in [2.24, 2.45) is 0 Å². The van der Waals surface area contributed by atoms with E-state index in [4.69, 9.17) is 18.9 Å². The topological polar surface area (TPSA) is 65.9 Å². The Labute approximate surface area is 159 Å². The summed E-state index contributed by atoms with van der Waals surface area (Å²) in [5.41, 5.74) is 1.87. The molecule has 0 amide bonds. The van der Waals surface area contributed by atoms with E-state index in [-0.39, 0.29) is 12.1 Å². The molecule has 0 aromatic carbocycles. The molecule has 2 atom stereocenters. The van der Waals surface area contributed by atoms with Crippen LogP contribution in [0.1, 0.15) is 30.8 Å². The van der Waals surface area contributed by atoms with Gasteiger partial charge in [0.25, 0.3) is 5.88 Å². The van der Waals surface area contributed by atoms with Crippen LogP contribution in [0.4, 0.5) is 0 Å². The lowest BCUT2D eigenvalue weighted by molar-refractivity contribution is 0.160. The second-order valence-electron chi connectivity index (χ2n) is 6.92. The van der Waals surface area contributed by atoms with Crippen molar-refractivity contribution in [2.45, 2.75) is 32.4 Å². The Morgan fingerprint density at radius 2 is 2.04 bits per heavy atom. The van der Waals surface area contributed by atoms with Crippen LogP contribution < -0.4 is 18.9 Å². The van der Waals surface area contributed by atoms with Gasteiger partial charge in [0.2, 0.25) is 5.88 Å². The second kappa shape index (κ2) is 7.60. The molecule has 4 heterocycles. The minimum atomic E-state index is 0.135. The van der Waals surface area contributed by atoms with Gasteiger partial charge in [-0.15, -0.1) is 0 Å². The van der Waals surface area contributed by atoms with Crippen LogP contribution in [0.3, 0.4) is 0 Å². The summed E-state index contributed by atoms with van der Waals surface area (Å²) in [5, 5.41) is 0. The summed E-state index contributed by atoms with van der Waals surface area (Å²) in [6, 6.07) is 7.92. The van der Waals surface area contributed by atoms with Gasteiger partial charge in [0.05, 0.1) is 12.8 Å². The van der Waals surface area contributed by atoms with Gasteiger partial charge in [0, 0.05) is 37.0 Å². The maximum atomic E-state index is 6.18. The molecule has 2 aromatic rings. The fourth-order valence-corrected chi connectivity index (χ4v) is 3.54. The molecule has 0 radical (unpaired) electrons. The Balaban J connectivity index is 1.41. The fourth-order valence-electron chi connectivity index (χ4n) is 3.54. The second-order valence-corrected chi connectivity index (χ2v) is 6.92. The molecule has 0 unspecified atom stereocenters. The summed E-state index contributed by atoms with van der Waals surface area (Å²) in [6.07, 6.45) is 1.11. The molecule has 7 heteroatoms. The smallest absolute Gasteiger partial charge is 0.257 e. The van der Waals surface area contributed by atoms with E-state index in [1.807, 2.05) is 31.2 Å². The minimum absolute atomic E-state index is 0.135. The molecule has 0 bridgehead atoms.